The molecule has 2 rings (SSSR count). The highest BCUT2D eigenvalue weighted by Crippen LogP contribution is 2.39. The Balaban J connectivity index is 2.01. The number of rotatable bonds is 3. The van der Waals surface area contributed by atoms with Crippen molar-refractivity contribution in [3.05, 3.63) is 32.7 Å². The van der Waals surface area contributed by atoms with Crippen molar-refractivity contribution in [1.29, 1.82) is 0 Å². The molecule has 0 heterocycles. The van der Waals surface area contributed by atoms with Crippen molar-refractivity contribution in [1.82, 2.24) is 0 Å². The summed E-state index contributed by atoms with van der Waals surface area (Å²) >= 11 is 11.1. The first-order valence-corrected chi connectivity index (χ1v) is 9.26. The zero-order valence-corrected chi connectivity index (χ0v) is 15.2. The van der Waals surface area contributed by atoms with Crippen molar-refractivity contribution < 1.29 is 0 Å². The fourth-order valence-electron chi connectivity index (χ4n) is 2.77. The monoisotopic (exact) mass is 436 g/mol. The maximum atomic E-state index is 3.88. The lowest BCUT2D eigenvalue weighted by Crippen LogP contribution is -2.03. The van der Waals surface area contributed by atoms with Gasteiger partial charge in [0.05, 0.1) is 0 Å². The molecule has 0 nitrogen and oxygen atoms in total. The Morgan fingerprint density at radius 1 is 1.06 bits per heavy atom. The number of alkyl halides is 1. The van der Waals surface area contributed by atoms with Gasteiger partial charge in [0.1, 0.15) is 0 Å². The van der Waals surface area contributed by atoms with E-state index in [1.165, 1.54) is 55.0 Å². The van der Waals surface area contributed by atoms with Crippen molar-refractivity contribution >= 4 is 47.8 Å². The van der Waals surface area contributed by atoms with E-state index in [-0.39, 0.29) is 0 Å². The van der Waals surface area contributed by atoms with Gasteiger partial charge in [-0.25, -0.2) is 0 Å². The van der Waals surface area contributed by atoms with Crippen LogP contribution in [0.25, 0.3) is 0 Å². The molecule has 0 aromatic heterocycles. The Bertz CT molecular complexity index is 381. The molecule has 1 aliphatic carbocycles. The molecule has 3 heteroatoms. The molecular formula is C15H19Br3. The molecule has 0 amide bonds. The second kappa shape index (κ2) is 7.44. The highest BCUT2D eigenvalue weighted by atomic mass is 79.9. The highest BCUT2D eigenvalue weighted by molar-refractivity contribution is 9.11. The molecule has 0 bridgehead atoms. The zero-order valence-electron chi connectivity index (χ0n) is 10.5. The number of hydrogen-bond acceptors (Lipinski definition) is 0. The Labute approximate surface area is 135 Å². The Kier molecular flexibility index (Phi) is 6.23. The Morgan fingerprint density at radius 3 is 2.39 bits per heavy atom. The van der Waals surface area contributed by atoms with Crippen molar-refractivity contribution in [2.75, 3.05) is 0 Å². The first-order chi connectivity index (χ1) is 8.66. The molecule has 1 aromatic carbocycles. The van der Waals surface area contributed by atoms with Gasteiger partial charge >= 0.3 is 0 Å². The van der Waals surface area contributed by atoms with E-state index in [0.717, 1.165) is 10.4 Å². The van der Waals surface area contributed by atoms with Crippen LogP contribution in [0.4, 0.5) is 0 Å². The summed E-state index contributed by atoms with van der Waals surface area (Å²) in [6.45, 7) is 0. The fraction of sp³-hybridized carbons (Fsp3) is 0.600. The van der Waals surface area contributed by atoms with Gasteiger partial charge in [-0.2, -0.15) is 0 Å². The van der Waals surface area contributed by atoms with E-state index >= 15 is 0 Å². The van der Waals surface area contributed by atoms with Crippen molar-refractivity contribution in [3.8, 4) is 0 Å². The minimum absolute atomic E-state index is 0.465. The molecule has 1 aromatic rings. The zero-order chi connectivity index (χ0) is 13.0. The van der Waals surface area contributed by atoms with Crippen LogP contribution in [0, 0.1) is 5.92 Å². The summed E-state index contributed by atoms with van der Waals surface area (Å²) in [6, 6.07) is 6.43. The molecule has 0 aliphatic heterocycles. The van der Waals surface area contributed by atoms with Gasteiger partial charge in [-0.1, -0.05) is 86.3 Å². The van der Waals surface area contributed by atoms with Crippen LogP contribution in [0.1, 0.15) is 55.3 Å². The first kappa shape index (κ1) is 15.1. The lowest BCUT2D eigenvalue weighted by atomic mass is 9.93. The molecule has 1 aliphatic rings. The van der Waals surface area contributed by atoms with Crippen molar-refractivity contribution in [3.63, 3.8) is 0 Å². The summed E-state index contributed by atoms with van der Waals surface area (Å²) in [7, 11) is 0. The normalized spacial score (nSPS) is 19.5. The molecule has 0 spiro atoms. The first-order valence-electron chi connectivity index (χ1n) is 6.76. The number of benzene rings is 1. The second-order valence-electron chi connectivity index (χ2n) is 5.23. The van der Waals surface area contributed by atoms with Crippen LogP contribution in [0.2, 0.25) is 0 Å². The second-order valence-corrected chi connectivity index (χ2v) is 8.10. The molecule has 1 fully saturated rings. The van der Waals surface area contributed by atoms with Crippen molar-refractivity contribution in [2.24, 2.45) is 5.92 Å². The Morgan fingerprint density at radius 2 is 1.72 bits per heavy atom. The number of hydrogen-bond donors (Lipinski definition) is 0. The van der Waals surface area contributed by atoms with E-state index in [9.17, 15) is 0 Å². The molecule has 0 N–H and O–H groups in total. The SMILES string of the molecule is Brc1ccc(Br)c(C(Br)CC2CCCCCC2)c1. The quantitative estimate of drug-likeness (QED) is 0.351. The van der Waals surface area contributed by atoms with Crippen LogP contribution >= 0.6 is 47.8 Å². The summed E-state index contributed by atoms with van der Waals surface area (Å²) in [5, 5.41) is 0. The molecule has 100 valence electrons. The van der Waals surface area contributed by atoms with Gasteiger partial charge < -0.3 is 0 Å². The topological polar surface area (TPSA) is 0 Å². The van der Waals surface area contributed by atoms with Crippen LogP contribution in [-0.2, 0) is 0 Å². The average Bonchev–Trinajstić information content (AvgIpc) is 2.61. The van der Waals surface area contributed by atoms with Gasteiger partial charge in [0.2, 0.25) is 0 Å². The molecule has 1 saturated carbocycles. The average molecular weight is 439 g/mol. The largest absolute Gasteiger partial charge is 0.0838 e. The summed E-state index contributed by atoms with van der Waals surface area (Å²) in [5.41, 5.74) is 1.37. The van der Waals surface area contributed by atoms with Gasteiger partial charge in [0.15, 0.2) is 0 Å². The summed E-state index contributed by atoms with van der Waals surface area (Å²) in [6.07, 6.45) is 9.79. The third-order valence-corrected chi connectivity index (χ3v) is 5.89. The molecule has 18 heavy (non-hydrogen) atoms. The van der Waals surface area contributed by atoms with E-state index in [1.54, 1.807) is 0 Å². The van der Waals surface area contributed by atoms with E-state index in [1.807, 2.05) is 0 Å². The minimum Gasteiger partial charge on any atom is -0.0838 e. The van der Waals surface area contributed by atoms with E-state index in [4.69, 9.17) is 0 Å². The van der Waals surface area contributed by atoms with Crippen LogP contribution in [0.3, 0.4) is 0 Å². The van der Waals surface area contributed by atoms with Gasteiger partial charge in [-0.3, -0.25) is 0 Å². The molecule has 0 radical (unpaired) electrons. The Hall–Kier alpha value is 0.660. The van der Waals surface area contributed by atoms with Gasteiger partial charge in [-0.05, 0) is 36.1 Å². The highest BCUT2D eigenvalue weighted by Gasteiger charge is 2.19. The summed E-state index contributed by atoms with van der Waals surface area (Å²) in [4.78, 5) is 0.465. The van der Waals surface area contributed by atoms with E-state index < -0.39 is 0 Å². The third-order valence-electron chi connectivity index (χ3n) is 3.81. The molecule has 1 unspecified atom stereocenters. The standard InChI is InChI=1S/C15H19Br3/c16-12-7-8-14(17)13(10-12)15(18)9-11-5-3-1-2-4-6-11/h7-8,10-11,15H,1-6,9H2. The predicted molar refractivity (Wildman–Crippen MR) is 89.3 cm³/mol. The fourth-order valence-corrected chi connectivity index (χ4v) is 4.89. The van der Waals surface area contributed by atoms with Crippen LogP contribution in [0.15, 0.2) is 27.1 Å². The molecule has 1 atom stereocenters. The predicted octanol–water partition coefficient (Wildman–Crippen LogP) is 7.01. The van der Waals surface area contributed by atoms with Gasteiger partial charge in [-0.15, -0.1) is 0 Å². The lowest BCUT2D eigenvalue weighted by molar-refractivity contribution is 0.427. The van der Waals surface area contributed by atoms with E-state index in [2.05, 4.69) is 66.0 Å². The third kappa shape index (κ3) is 4.35. The molecular weight excluding hydrogens is 420 g/mol. The molecule has 0 saturated heterocycles. The number of halogens is 3. The van der Waals surface area contributed by atoms with E-state index in [0.29, 0.717) is 4.83 Å². The van der Waals surface area contributed by atoms with Crippen LogP contribution < -0.4 is 0 Å². The summed E-state index contributed by atoms with van der Waals surface area (Å²) < 4.78 is 2.37. The van der Waals surface area contributed by atoms with Crippen LogP contribution in [-0.4, -0.2) is 0 Å². The smallest absolute Gasteiger partial charge is 0.0409 e. The van der Waals surface area contributed by atoms with Gasteiger partial charge in [0, 0.05) is 13.8 Å². The van der Waals surface area contributed by atoms with Crippen molar-refractivity contribution in [2.45, 2.75) is 49.8 Å². The minimum atomic E-state index is 0.465. The lowest BCUT2D eigenvalue weighted by Gasteiger charge is -2.19. The maximum absolute atomic E-state index is 3.88. The summed E-state index contributed by atoms with van der Waals surface area (Å²) in [5.74, 6) is 0.891. The maximum Gasteiger partial charge on any atom is 0.0409 e. The van der Waals surface area contributed by atoms with Crippen LogP contribution in [0.5, 0.6) is 0 Å². The van der Waals surface area contributed by atoms with Gasteiger partial charge in [0.25, 0.3) is 0 Å².